The lowest BCUT2D eigenvalue weighted by Crippen LogP contribution is -2.56. The van der Waals surface area contributed by atoms with E-state index in [1.165, 1.54) is 0 Å². The van der Waals surface area contributed by atoms with Crippen LogP contribution in [0.2, 0.25) is 0 Å². The molecule has 0 spiro atoms. The van der Waals surface area contributed by atoms with Crippen LogP contribution < -0.4 is 31.9 Å². The van der Waals surface area contributed by atoms with Crippen LogP contribution in [0.25, 0.3) is 0 Å². The van der Waals surface area contributed by atoms with Crippen LogP contribution in [0.3, 0.4) is 0 Å². The van der Waals surface area contributed by atoms with Crippen LogP contribution in [0, 0.1) is 10.8 Å². The number of hydrogen-bond donors (Lipinski definition) is 6. The van der Waals surface area contributed by atoms with E-state index >= 15 is 0 Å². The molecule has 0 aliphatic carbocycles. The molecule has 6 N–H and O–H groups in total. The molecule has 326 valence electrons. The Kier molecular flexibility index (Phi) is 15.0. The maximum atomic E-state index is 14.0. The Labute approximate surface area is 375 Å². The summed E-state index contributed by atoms with van der Waals surface area (Å²) in [7, 11) is 3.67. The van der Waals surface area contributed by atoms with Crippen molar-refractivity contribution in [3.8, 4) is 0 Å². The number of anilines is 2. The second-order valence-electron chi connectivity index (χ2n) is 17.9. The number of fused-ring (bicyclic) bond motifs is 2. The van der Waals surface area contributed by atoms with Crippen molar-refractivity contribution in [2.24, 2.45) is 10.8 Å². The lowest BCUT2D eigenvalue weighted by Gasteiger charge is -2.34. The first kappa shape index (κ1) is 46.2. The predicted molar refractivity (Wildman–Crippen MR) is 253 cm³/mol. The number of carbonyl (C=O) groups is 4. The van der Waals surface area contributed by atoms with Gasteiger partial charge in [-0.05, 0) is 124 Å². The van der Waals surface area contributed by atoms with Crippen molar-refractivity contribution in [1.29, 1.82) is 0 Å². The van der Waals surface area contributed by atoms with E-state index in [-0.39, 0.29) is 46.5 Å². The fraction of sp³-hybridized carbons (Fsp3) is 0.591. The van der Waals surface area contributed by atoms with Gasteiger partial charge in [0.1, 0.15) is 24.2 Å². The molecular weight excluding hydrogens is 833 g/mol. The van der Waals surface area contributed by atoms with E-state index in [4.69, 9.17) is 24.4 Å². The van der Waals surface area contributed by atoms with Crippen molar-refractivity contribution >= 4 is 92.9 Å². The van der Waals surface area contributed by atoms with E-state index in [1.807, 2.05) is 76.5 Å². The van der Waals surface area contributed by atoms with Crippen LogP contribution in [-0.4, -0.2) is 116 Å². The molecule has 6 rings (SSSR count). The molecule has 16 heteroatoms. The maximum absolute atomic E-state index is 14.0. The molecule has 4 amide bonds. The lowest BCUT2D eigenvalue weighted by molar-refractivity contribution is -0.140. The third-order valence-corrected chi connectivity index (χ3v) is 16.0. The Bertz CT molecular complexity index is 1790. The average molecular weight is 895 g/mol. The Morgan fingerprint density at radius 2 is 1.02 bits per heavy atom. The van der Waals surface area contributed by atoms with Crippen molar-refractivity contribution in [2.45, 2.75) is 127 Å². The molecule has 60 heavy (non-hydrogen) atoms. The van der Waals surface area contributed by atoms with E-state index in [9.17, 15) is 19.2 Å². The van der Waals surface area contributed by atoms with Crippen molar-refractivity contribution in [3.05, 3.63) is 59.7 Å². The van der Waals surface area contributed by atoms with E-state index in [0.717, 1.165) is 48.3 Å². The predicted octanol–water partition coefficient (Wildman–Crippen LogP) is 5.32. The SMILES string of the molecule is CN[C@@H](C)C(=S)N[C@H]1CCSC2CC(C)(C)[C@H](C(=O)Nc3ccc(CCc4ccc(NC(=O)[C@H]5N6C(=O)[C@@H](NC(=S)[C@H](C)NC)CCSC6CC5(C)C)cc4)cc3)N2C1=O. The van der Waals surface area contributed by atoms with Gasteiger partial charge in [0.25, 0.3) is 0 Å². The van der Waals surface area contributed by atoms with Gasteiger partial charge in [-0.2, -0.15) is 0 Å². The minimum absolute atomic E-state index is 0.0656. The number of aryl methyl sites for hydroxylation is 2. The standard InChI is InChI=1S/C44H62N8O4S4/c1-25(45-7)39(57)49-31-19-21-59-33-23-43(3,4)35(51(33)41(31)55)37(53)47-29-15-11-27(12-16-29)9-10-28-13-17-30(18-14-28)48-38(54)36-44(5,6)24-34-52(36)42(56)32(20-22-60-34)50-40(58)26(2)46-8/h11-18,25-26,31-36,45-46H,9-10,19-24H2,1-8H3,(H,47,53)(H,48,54)(H,49,57)(H,50,58)/t25-,26-,31-,32-,33?,34?,35-,36+/m0/s1. The Morgan fingerprint density at radius 3 is 1.35 bits per heavy atom. The molecule has 4 aliphatic heterocycles. The molecule has 0 bridgehead atoms. The summed E-state index contributed by atoms with van der Waals surface area (Å²) in [5.41, 5.74) is 2.81. The number of carbonyl (C=O) groups excluding carboxylic acids is 4. The zero-order chi connectivity index (χ0) is 43.5. The van der Waals surface area contributed by atoms with Crippen LogP contribution in [0.1, 0.15) is 78.4 Å². The second-order valence-corrected chi connectivity index (χ2v) is 21.4. The molecule has 0 saturated carbocycles. The molecule has 4 heterocycles. The summed E-state index contributed by atoms with van der Waals surface area (Å²) in [6.07, 6.45) is 4.35. The number of likely N-dealkylation sites (N-methyl/N-ethyl adjacent to an activating group) is 2. The zero-order valence-electron chi connectivity index (χ0n) is 36.1. The molecule has 8 atom stereocenters. The summed E-state index contributed by atoms with van der Waals surface area (Å²) >= 11 is 14.6. The highest BCUT2D eigenvalue weighted by Gasteiger charge is 2.55. The Hall–Kier alpha value is -3.28. The van der Waals surface area contributed by atoms with Crippen LogP contribution in [-0.2, 0) is 32.0 Å². The van der Waals surface area contributed by atoms with Gasteiger partial charge in [-0.15, -0.1) is 23.5 Å². The Morgan fingerprint density at radius 1 is 0.667 bits per heavy atom. The number of rotatable bonds is 13. The number of benzene rings is 2. The second kappa shape index (κ2) is 19.4. The summed E-state index contributed by atoms with van der Waals surface area (Å²) < 4.78 is 0. The Balaban J connectivity index is 1.04. The van der Waals surface area contributed by atoms with Crippen LogP contribution in [0.5, 0.6) is 0 Å². The first-order valence-electron chi connectivity index (χ1n) is 21.1. The molecule has 12 nitrogen and oxygen atoms in total. The third kappa shape index (κ3) is 10.3. The quantitative estimate of drug-likeness (QED) is 0.145. The van der Waals surface area contributed by atoms with Gasteiger partial charge in [0, 0.05) is 11.4 Å². The lowest BCUT2D eigenvalue weighted by atomic mass is 9.84. The molecule has 4 saturated heterocycles. The van der Waals surface area contributed by atoms with Crippen molar-refractivity contribution in [3.63, 3.8) is 0 Å². The number of amides is 4. The molecule has 0 aromatic heterocycles. The van der Waals surface area contributed by atoms with Gasteiger partial charge in [-0.3, -0.25) is 19.2 Å². The summed E-state index contributed by atoms with van der Waals surface area (Å²) in [6, 6.07) is 13.5. The van der Waals surface area contributed by atoms with E-state index in [1.54, 1.807) is 33.3 Å². The van der Waals surface area contributed by atoms with E-state index in [2.05, 4.69) is 59.6 Å². The highest BCUT2D eigenvalue weighted by atomic mass is 32.2. The van der Waals surface area contributed by atoms with Crippen LogP contribution in [0.15, 0.2) is 48.5 Å². The third-order valence-electron chi connectivity index (χ3n) is 12.5. The molecule has 2 aromatic carbocycles. The summed E-state index contributed by atoms with van der Waals surface area (Å²) in [5.74, 6) is 1.10. The minimum Gasteiger partial charge on any atom is -0.367 e. The minimum atomic E-state index is -0.614. The first-order valence-corrected chi connectivity index (χ1v) is 24.0. The van der Waals surface area contributed by atoms with Gasteiger partial charge in [0.2, 0.25) is 23.6 Å². The maximum Gasteiger partial charge on any atom is 0.247 e. The molecule has 4 aliphatic rings. The normalized spacial score (nSPS) is 26.8. The number of nitrogens with zero attached hydrogens (tertiary/aromatic N) is 2. The van der Waals surface area contributed by atoms with Gasteiger partial charge in [0.05, 0.1) is 32.8 Å². The number of nitrogens with one attached hydrogen (secondary N) is 6. The van der Waals surface area contributed by atoms with Crippen molar-refractivity contribution in [1.82, 2.24) is 31.1 Å². The van der Waals surface area contributed by atoms with Gasteiger partial charge >= 0.3 is 0 Å². The zero-order valence-corrected chi connectivity index (χ0v) is 39.3. The van der Waals surface area contributed by atoms with Crippen molar-refractivity contribution < 1.29 is 19.2 Å². The van der Waals surface area contributed by atoms with Gasteiger partial charge in [-0.25, -0.2) is 0 Å². The number of thioether (sulfide) groups is 2. The molecular formula is C44H62N8O4S4. The largest absolute Gasteiger partial charge is 0.367 e. The molecule has 2 unspecified atom stereocenters. The van der Waals surface area contributed by atoms with Gasteiger partial charge in [-0.1, -0.05) is 76.4 Å². The average Bonchev–Trinajstić information content (AvgIpc) is 3.53. The number of thiocarbonyl (C=S) groups is 2. The van der Waals surface area contributed by atoms with Gasteiger partial charge < -0.3 is 41.7 Å². The highest BCUT2D eigenvalue weighted by molar-refractivity contribution is 8.00. The highest BCUT2D eigenvalue weighted by Crippen LogP contribution is 2.48. The van der Waals surface area contributed by atoms with Crippen LogP contribution >= 0.6 is 48.0 Å². The van der Waals surface area contributed by atoms with Gasteiger partial charge in [0.15, 0.2) is 0 Å². The molecule has 2 aromatic rings. The summed E-state index contributed by atoms with van der Waals surface area (Å²) in [4.78, 5) is 60.7. The van der Waals surface area contributed by atoms with Crippen molar-refractivity contribution in [2.75, 3.05) is 36.2 Å². The molecule has 0 radical (unpaired) electrons. The smallest absolute Gasteiger partial charge is 0.247 e. The fourth-order valence-corrected chi connectivity index (χ4v) is 12.5. The summed E-state index contributed by atoms with van der Waals surface area (Å²) in [6.45, 7) is 12.2. The van der Waals surface area contributed by atoms with E-state index < -0.39 is 35.0 Å². The first-order chi connectivity index (χ1) is 28.4. The fourth-order valence-electron chi connectivity index (χ4n) is 8.78. The van der Waals surface area contributed by atoms with E-state index in [0.29, 0.717) is 34.2 Å². The number of hydrogen-bond acceptors (Lipinski definition) is 10. The molecule has 4 fully saturated rings. The monoisotopic (exact) mass is 894 g/mol. The topological polar surface area (TPSA) is 147 Å². The summed E-state index contributed by atoms with van der Waals surface area (Å²) in [5, 5.41) is 18.9. The van der Waals surface area contributed by atoms with Crippen LogP contribution in [0.4, 0.5) is 11.4 Å².